The molecule has 8 heteroatoms. The van der Waals surface area contributed by atoms with Gasteiger partial charge in [0, 0.05) is 17.3 Å². The van der Waals surface area contributed by atoms with Gasteiger partial charge < -0.3 is 14.2 Å². The first-order chi connectivity index (χ1) is 16.4. The van der Waals surface area contributed by atoms with E-state index >= 15 is 0 Å². The van der Waals surface area contributed by atoms with E-state index in [1.165, 1.54) is 23.8 Å². The Balaban J connectivity index is 1.38. The number of nitrogens with zero attached hydrogens (tertiary/aromatic N) is 2. The van der Waals surface area contributed by atoms with Gasteiger partial charge in [0.15, 0.2) is 11.3 Å². The first kappa shape index (κ1) is 21.1. The van der Waals surface area contributed by atoms with Crippen LogP contribution in [0.1, 0.15) is 21.7 Å². The Kier molecular flexibility index (Phi) is 5.18. The zero-order chi connectivity index (χ0) is 23.8. The predicted octanol–water partition coefficient (Wildman–Crippen LogP) is 6.53. The van der Waals surface area contributed by atoms with Gasteiger partial charge in [-0.2, -0.15) is 0 Å². The van der Waals surface area contributed by atoms with Gasteiger partial charge in [0.1, 0.15) is 11.3 Å². The van der Waals surface area contributed by atoms with Crippen LogP contribution in [0.2, 0.25) is 0 Å². The standard InChI is InChI=1S/C26H19N3O5/c1-15-7-8-17(13-16(15)2)26-28-20-14-18(9-10-23(20)34-26)27-25(30)24-12-11-22(33-24)19-5-3-4-6-21(19)29(31)32/h3-14H,1-2H3,(H,27,30). The van der Waals surface area contributed by atoms with Crippen molar-refractivity contribution in [3.8, 4) is 22.8 Å². The molecule has 1 amide bonds. The lowest BCUT2D eigenvalue weighted by atomic mass is 10.1. The number of furan rings is 1. The van der Waals surface area contributed by atoms with E-state index < -0.39 is 10.8 Å². The highest BCUT2D eigenvalue weighted by Gasteiger charge is 2.19. The van der Waals surface area contributed by atoms with Crippen LogP contribution in [0.25, 0.3) is 33.9 Å². The van der Waals surface area contributed by atoms with E-state index in [0.717, 1.165) is 11.1 Å². The number of carbonyl (C=O) groups excluding carboxylic acids is 1. The summed E-state index contributed by atoms with van der Waals surface area (Å²) in [7, 11) is 0. The van der Waals surface area contributed by atoms with Crippen LogP contribution in [0.15, 0.2) is 81.6 Å². The molecule has 0 aliphatic carbocycles. The van der Waals surface area contributed by atoms with Crippen LogP contribution in [0.3, 0.4) is 0 Å². The van der Waals surface area contributed by atoms with E-state index in [4.69, 9.17) is 8.83 Å². The number of aromatic nitrogens is 1. The van der Waals surface area contributed by atoms with E-state index in [2.05, 4.69) is 10.3 Å². The molecular formula is C26H19N3O5. The van der Waals surface area contributed by atoms with Crippen LogP contribution in [-0.2, 0) is 0 Å². The van der Waals surface area contributed by atoms with Crippen LogP contribution in [0.4, 0.5) is 11.4 Å². The fourth-order valence-corrected chi connectivity index (χ4v) is 3.64. The molecule has 0 aliphatic rings. The fourth-order valence-electron chi connectivity index (χ4n) is 3.64. The molecule has 0 bridgehead atoms. The average Bonchev–Trinajstić information content (AvgIpc) is 3.48. The van der Waals surface area contributed by atoms with E-state index in [1.807, 2.05) is 32.0 Å². The minimum absolute atomic E-state index is 0.0317. The number of nitrogens with one attached hydrogen (secondary N) is 1. The van der Waals surface area contributed by atoms with Gasteiger partial charge in [0.2, 0.25) is 5.89 Å². The van der Waals surface area contributed by atoms with Crippen molar-refractivity contribution >= 4 is 28.4 Å². The van der Waals surface area contributed by atoms with Crippen LogP contribution < -0.4 is 5.32 Å². The van der Waals surface area contributed by atoms with Crippen LogP contribution in [0, 0.1) is 24.0 Å². The Morgan fingerprint density at radius 3 is 2.56 bits per heavy atom. The van der Waals surface area contributed by atoms with Crippen LogP contribution in [-0.4, -0.2) is 15.8 Å². The third-order valence-electron chi connectivity index (χ3n) is 5.60. The molecule has 2 aromatic heterocycles. The first-order valence-electron chi connectivity index (χ1n) is 10.5. The lowest BCUT2D eigenvalue weighted by Gasteiger charge is -2.03. The number of amides is 1. The topological polar surface area (TPSA) is 111 Å². The second kappa shape index (κ2) is 8.32. The third kappa shape index (κ3) is 3.93. The number of nitro benzene ring substituents is 1. The van der Waals surface area contributed by atoms with Gasteiger partial charge in [0.25, 0.3) is 11.6 Å². The van der Waals surface area contributed by atoms with E-state index in [0.29, 0.717) is 28.2 Å². The second-order valence-corrected chi connectivity index (χ2v) is 7.89. The normalized spacial score (nSPS) is 11.0. The largest absolute Gasteiger partial charge is 0.451 e. The summed E-state index contributed by atoms with van der Waals surface area (Å²) < 4.78 is 11.5. The lowest BCUT2D eigenvalue weighted by molar-refractivity contribution is -0.384. The molecule has 8 nitrogen and oxygen atoms in total. The summed E-state index contributed by atoms with van der Waals surface area (Å²) in [5.74, 6) is 0.287. The third-order valence-corrected chi connectivity index (χ3v) is 5.60. The van der Waals surface area contributed by atoms with Crippen LogP contribution >= 0.6 is 0 Å². The van der Waals surface area contributed by atoms with Gasteiger partial charge in [-0.25, -0.2) is 4.98 Å². The molecule has 34 heavy (non-hydrogen) atoms. The molecule has 0 radical (unpaired) electrons. The molecule has 0 spiro atoms. The van der Waals surface area contributed by atoms with Crippen LogP contribution in [0.5, 0.6) is 0 Å². The Labute approximate surface area is 194 Å². The maximum absolute atomic E-state index is 12.7. The van der Waals surface area contributed by atoms with Gasteiger partial charge in [0.05, 0.1) is 10.5 Å². The molecule has 0 saturated carbocycles. The smallest absolute Gasteiger partial charge is 0.291 e. The summed E-state index contributed by atoms with van der Waals surface area (Å²) in [6, 6.07) is 20.4. The molecule has 0 aliphatic heterocycles. The number of hydrogen-bond acceptors (Lipinski definition) is 6. The first-order valence-corrected chi connectivity index (χ1v) is 10.5. The fraction of sp³-hybridized carbons (Fsp3) is 0.0769. The second-order valence-electron chi connectivity index (χ2n) is 7.89. The number of benzene rings is 3. The molecular weight excluding hydrogens is 434 g/mol. The SMILES string of the molecule is Cc1ccc(-c2nc3cc(NC(=O)c4ccc(-c5ccccc5[N+](=O)[O-])o4)ccc3o2)cc1C. The molecule has 5 rings (SSSR count). The van der Waals surface area contributed by atoms with Gasteiger partial charge >= 0.3 is 0 Å². The summed E-state index contributed by atoms with van der Waals surface area (Å²) in [5.41, 5.74) is 5.13. The van der Waals surface area contributed by atoms with Crippen molar-refractivity contribution in [3.05, 3.63) is 99.8 Å². The zero-order valence-corrected chi connectivity index (χ0v) is 18.4. The average molecular weight is 453 g/mol. The number of anilines is 1. The summed E-state index contributed by atoms with van der Waals surface area (Å²) >= 11 is 0. The predicted molar refractivity (Wildman–Crippen MR) is 128 cm³/mol. The van der Waals surface area contributed by atoms with Crippen molar-refractivity contribution in [3.63, 3.8) is 0 Å². The highest BCUT2D eigenvalue weighted by atomic mass is 16.6. The summed E-state index contributed by atoms with van der Waals surface area (Å²) in [6.45, 7) is 4.08. The summed E-state index contributed by atoms with van der Waals surface area (Å²) in [4.78, 5) is 28.1. The molecule has 3 aromatic carbocycles. The number of rotatable bonds is 5. The Hall–Kier alpha value is -4.72. The van der Waals surface area contributed by atoms with E-state index in [9.17, 15) is 14.9 Å². The molecule has 0 fully saturated rings. The van der Waals surface area contributed by atoms with Gasteiger partial charge in [-0.3, -0.25) is 14.9 Å². The quantitative estimate of drug-likeness (QED) is 0.239. The van der Waals surface area contributed by atoms with E-state index in [1.54, 1.807) is 36.4 Å². The van der Waals surface area contributed by atoms with Gasteiger partial charge in [-0.05, 0) is 73.5 Å². The Bertz CT molecular complexity index is 1560. The molecule has 168 valence electrons. The maximum atomic E-state index is 12.7. The van der Waals surface area contributed by atoms with Crippen molar-refractivity contribution in [2.24, 2.45) is 0 Å². The minimum atomic E-state index is -0.489. The Morgan fingerprint density at radius 1 is 0.941 bits per heavy atom. The monoisotopic (exact) mass is 453 g/mol. The highest BCUT2D eigenvalue weighted by molar-refractivity contribution is 6.03. The molecule has 0 unspecified atom stereocenters. The molecule has 0 atom stereocenters. The number of carbonyl (C=O) groups is 1. The number of hydrogen-bond donors (Lipinski definition) is 1. The molecule has 1 N–H and O–H groups in total. The van der Waals surface area contributed by atoms with Crippen molar-refractivity contribution in [2.75, 3.05) is 5.32 Å². The Morgan fingerprint density at radius 2 is 1.76 bits per heavy atom. The number of aryl methyl sites for hydroxylation is 2. The minimum Gasteiger partial charge on any atom is -0.451 e. The van der Waals surface area contributed by atoms with Crippen molar-refractivity contribution < 1.29 is 18.6 Å². The number of nitro groups is 1. The van der Waals surface area contributed by atoms with Gasteiger partial charge in [-0.15, -0.1) is 0 Å². The highest BCUT2D eigenvalue weighted by Crippen LogP contribution is 2.31. The molecule has 0 saturated heterocycles. The van der Waals surface area contributed by atoms with Crippen molar-refractivity contribution in [1.29, 1.82) is 0 Å². The number of oxazole rings is 1. The van der Waals surface area contributed by atoms with Gasteiger partial charge in [-0.1, -0.05) is 18.2 Å². The summed E-state index contributed by atoms with van der Waals surface area (Å²) in [6.07, 6.45) is 0. The van der Waals surface area contributed by atoms with Crippen molar-refractivity contribution in [1.82, 2.24) is 4.98 Å². The number of fused-ring (bicyclic) bond motifs is 1. The number of para-hydroxylation sites is 1. The summed E-state index contributed by atoms with van der Waals surface area (Å²) in [5, 5.41) is 14.0. The zero-order valence-electron chi connectivity index (χ0n) is 18.4. The van der Waals surface area contributed by atoms with E-state index in [-0.39, 0.29) is 17.2 Å². The van der Waals surface area contributed by atoms with Crippen molar-refractivity contribution in [2.45, 2.75) is 13.8 Å². The lowest BCUT2D eigenvalue weighted by Crippen LogP contribution is -2.10. The molecule has 5 aromatic rings. The maximum Gasteiger partial charge on any atom is 0.291 e. The molecule has 2 heterocycles.